The third kappa shape index (κ3) is 3.72. The number of anilines is 2. The van der Waals surface area contributed by atoms with Crippen molar-refractivity contribution >= 4 is 17.3 Å². The Morgan fingerprint density at radius 2 is 1.90 bits per heavy atom. The summed E-state index contributed by atoms with van der Waals surface area (Å²) in [5.41, 5.74) is 1.46. The van der Waals surface area contributed by atoms with Crippen molar-refractivity contribution in [2.24, 2.45) is 0 Å². The zero-order valence-electron chi connectivity index (χ0n) is 11.9. The second kappa shape index (κ2) is 6.74. The van der Waals surface area contributed by atoms with Crippen LogP contribution in [0.25, 0.3) is 0 Å². The number of esters is 1. The number of rotatable bonds is 5. The molecule has 0 heterocycles. The number of hydrogen-bond donors (Lipinski definition) is 1. The van der Waals surface area contributed by atoms with Gasteiger partial charge in [-0.25, -0.2) is 9.18 Å². The van der Waals surface area contributed by atoms with Crippen LogP contribution in [-0.2, 0) is 4.74 Å². The van der Waals surface area contributed by atoms with Crippen molar-refractivity contribution in [1.82, 2.24) is 0 Å². The van der Waals surface area contributed by atoms with Gasteiger partial charge in [0, 0.05) is 11.8 Å². The Hall–Kier alpha value is -2.56. The highest BCUT2D eigenvalue weighted by Gasteiger charge is 2.07. The maximum Gasteiger partial charge on any atom is 0.338 e. The first-order valence-electron chi connectivity index (χ1n) is 6.51. The second-order valence-corrected chi connectivity index (χ2v) is 4.27. The summed E-state index contributed by atoms with van der Waals surface area (Å²) in [5.74, 6) is -0.334. The minimum absolute atomic E-state index is 0.329. The molecule has 5 heteroatoms. The SMILES string of the molecule is CCOC(=O)c1ccc(Nc2ccc(OC)cc2F)cc1. The lowest BCUT2D eigenvalue weighted by Crippen LogP contribution is -2.04. The molecule has 0 saturated carbocycles. The zero-order valence-corrected chi connectivity index (χ0v) is 11.9. The minimum Gasteiger partial charge on any atom is -0.497 e. The standard InChI is InChI=1S/C16H16FNO3/c1-3-21-16(19)11-4-6-12(7-5-11)18-15-9-8-13(20-2)10-14(15)17/h4-10,18H,3H2,1-2H3. The van der Waals surface area contributed by atoms with Crippen LogP contribution in [0.15, 0.2) is 42.5 Å². The molecule has 1 N–H and O–H groups in total. The first-order chi connectivity index (χ1) is 10.1. The molecule has 0 aliphatic carbocycles. The Morgan fingerprint density at radius 3 is 2.48 bits per heavy atom. The van der Waals surface area contributed by atoms with E-state index in [0.717, 1.165) is 0 Å². The van der Waals surface area contributed by atoms with Crippen LogP contribution in [0.4, 0.5) is 15.8 Å². The van der Waals surface area contributed by atoms with E-state index in [0.29, 0.717) is 29.3 Å². The number of nitrogens with one attached hydrogen (secondary N) is 1. The van der Waals surface area contributed by atoms with Crippen LogP contribution in [0.3, 0.4) is 0 Å². The molecule has 0 atom stereocenters. The van der Waals surface area contributed by atoms with Gasteiger partial charge in [-0.05, 0) is 43.3 Å². The summed E-state index contributed by atoms with van der Waals surface area (Å²) in [6, 6.07) is 11.2. The fourth-order valence-electron chi connectivity index (χ4n) is 1.78. The van der Waals surface area contributed by atoms with Crippen molar-refractivity contribution in [2.45, 2.75) is 6.92 Å². The van der Waals surface area contributed by atoms with E-state index in [2.05, 4.69) is 5.32 Å². The van der Waals surface area contributed by atoms with Crippen molar-refractivity contribution in [3.8, 4) is 5.75 Å². The molecule has 0 aliphatic heterocycles. The van der Waals surface area contributed by atoms with Gasteiger partial charge < -0.3 is 14.8 Å². The molecule has 2 rings (SSSR count). The van der Waals surface area contributed by atoms with Crippen molar-refractivity contribution in [1.29, 1.82) is 0 Å². The molecule has 2 aromatic rings. The predicted molar refractivity (Wildman–Crippen MR) is 78.6 cm³/mol. The Balaban J connectivity index is 2.11. The number of hydrogen-bond acceptors (Lipinski definition) is 4. The third-order valence-corrected chi connectivity index (χ3v) is 2.85. The molecule has 0 aromatic heterocycles. The number of methoxy groups -OCH3 is 1. The Kier molecular flexibility index (Phi) is 4.77. The van der Waals surface area contributed by atoms with E-state index in [-0.39, 0.29) is 5.97 Å². The van der Waals surface area contributed by atoms with Gasteiger partial charge in [0.2, 0.25) is 0 Å². The molecule has 110 valence electrons. The van der Waals surface area contributed by atoms with E-state index in [1.54, 1.807) is 43.3 Å². The van der Waals surface area contributed by atoms with E-state index in [4.69, 9.17) is 9.47 Å². The van der Waals surface area contributed by atoms with Gasteiger partial charge in [0.15, 0.2) is 0 Å². The molecular weight excluding hydrogens is 273 g/mol. The topological polar surface area (TPSA) is 47.6 Å². The van der Waals surface area contributed by atoms with Crippen LogP contribution < -0.4 is 10.1 Å². The Morgan fingerprint density at radius 1 is 1.19 bits per heavy atom. The first-order valence-corrected chi connectivity index (χ1v) is 6.51. The Bertz CT molecular complexity index is 626. The second-order valence-electron chi connectivity index (χ2n) is 4.27. The fraction of sp³-hybridized carbons (Fsp3) is 0.188. The van der Waals surface area contributed by atoms with Gasteiger partial charge in [-0.1, -0.05) is 0 Å². The molecule has 0 radical (unpaired) electrons. The van der Waals surface area contributed by atoms with Crippen LogP contribution in [0, 0.1) is 5.82 Å². The van der Waals surface area contributed by atoms with Gasteiger partial charge in [-0.15, -0.1) is 0 Å². The van der Waals surface area contributed by atoms with Gasteiger partial charge in [0.05, 0.1) is 25.0 Å². The lowest BCUT2D eigenvalue weighted by Gasteiger charge is -2.09. The molecule has 0 aliphatic rings. The summed E-state index contributed by atoms with van der Waals surface area (Å²) in [4.78, 5) is 11.5. The van der Waals surface area contributed by atoms with Crippen LogP contribution in [0.1, 0.15) is 17.3 Å². The average molecular weight is 289 g/mol. The summed E-state index contributed by atoms with van der Waals surface area (Å²) in [7, 11) is 1.48. The minimum atomic E-state index is -0.413. The third-order valence-electron chi connectivity index (χ3n) is 2.85. The maximum atomic E-state index is 13.8. The van der Waals surface area contributed by atoms with Gasteiger partial charge in [0.1, 0.15) is 11.6 Å². The highest BCUT2D eigenvalue weighted by molar-refractivity contribution is 5.89. The molecule has 0 amide bonds. The fourth-order valence-corrected chi connectivity index (χ4v) is 1.78. The molecule has 0 bridgehead atoms. The van der Waals surface area contributed by atoms with E-state index < -0.39 is 5.82 Å². The van der Waals surface area contributed by atoms with E-state index in [9.17, 15) is 9.18 Å². The zero-order chi connectivity index (χ0) is 15.2. The summed E-state index contributed by atoms with van der Waals surface area (Å²) >= 11 is 0. The van der Waals surface area contributed by atoms with Gasteiger partial charge in [-0.2, -0.15) is 0 Å². The predicted octanol–water partition coefficient (Wildman–Crippen LogP) is 3.75. The average Bonchev–Trinajstić information content (AvgIpc) is 2.50. The number of carbonyl (C=O) groups is 1. The van der Waals surface area contributed by atoms with Crippen LogP contribution in [-0.4, -0.2) is 19.7 Å². The monoisotopic (exact) mass is 289 g/mol. The molecule has 0 saturated heterocycles. The van der Waals surface area contributed by atoms with Crippen molar-refractivity contribution < 1.29 is 18.7 Å². The quantitative estimate of drug-likeness (QED) is 0.851. The molecule has 0 spiro atoms. The van der Waals surface area contributed by atoms with Crippen molar-refractivity contribution in [3.05, 3.63) is 53.8 Å². The van der Waals surface area contributed by atoms with Crippen molar-refractivity contribution in [3.63, 3.8) is 0 Å². The van der Waals surface area contributed by atoms with E-state index >= 15 is 0 Å². The number of carbonyl (C=O) groups excluding carboxylic acids is 1. The molecular formula is C16H16FNO3. The molecule has 21 heavy (non-hydrogen) atoms. The molecule has 4 nitrogen and oxygen atoms in total. The summed E-state index contributed by atoms with van der Waals surface area (Å²) in [6.45, 7) is 2.08. The largest absolute Gasteiger partial charge is 0.497 e. The Labute approximate surface area is 122 Å². The van der Waals surface area contributed by atoms with E-state index in [1.165, 1.54) is 13.2 Å². The van der Waals surface area contributed by atoms with E-state index in [1.807, 2.05) is 0 Å². The highest BCUT2D eigenvalue weighted by atomic mass is 19.1. The molecule has 0 fully saturated rings. The maximum absolute atomic E-state index is 13.8. The number of benzene rings is 2. The van der Waals surface area contributed by atoms with Crippen LogP contribution in [0.2, 0.25) is 0 Å². The summed E-state index contributed by atoms with van der Waals surface area (Å²) < 4.78 is 23.7. The van der Waals surface area contributed by atoms with Crippen LogP contribution in [0.5, 0.6) is 5.75 Å². The number of halogens is 1. The smallest absolute Gasteiger partial charge is 0.338 e. The van der Waals surface area contributed by atoms with Crippen molar-refractivity contribution in [2.75, 3.05) is 19.0 Å². The molecule has 0 unspecified atom stereocenters. The normalized spacial score (nSPS) is 10.0. The molecule has 2 aromatic carbocycles. The summed E-state index contributed by atoms with van der Waals surface area (Å²) in [6.07, 6.45) is 0. The summed E-state index contributed by atoms with van der Waals surface area (Å²) in [5, 5.41) is 2.94. The van der Waals surface area contributed by atoms with Gasteiger partial charge >= 0.3 is 5.97 Å². The number of ether oxygens (including phenoxy) is 2. The lowest BCUT2D eigenvalue weighted by molar-refractivity contribution is 0.0526. The van der Waals surface area contributed by atoms with Gasteiger partial charge in [0.25, 0.3) is 0 Å². The lowest BCUT2D eigenvalue weighted by atomic mass is 10.2. The van der Waals surface area contributed by atoms with Gasteiger partial charge in [-0.3, -0.25) is 0 Å². The van der Waals surface area contributed by atoms with Crippen LogP contribution >= 0.6 is 0 Å². The highest BCUT2D eigenvalue weighted by Crippen LogP contribution is 2.24. The first kappa shape index (κ1) is 14.8.